The number of ether oxygens (including phenoxy) is 1. The number of amides is 2. The number of hydrogen-bond donors (Lipinski definition) is 4. The Labute approximate surface area is 245 Å². The van der Waals surface area contributed by atoms with Gasteiger partial charge in [-0.25, -0.2) is 4.79 Å². The molecule has 0 aromatic heterocycles. The van der Waals surface area contributed by atoms with Crippen LogP contribution in [0.5, 0.6) is 5.75 Å². The SMILES string of the molecule is COC(=O)c1ccc(NC(=O)C(CC(C)C)NC(=O)C(CCCc2ccc(-c3ccc(O)cc3)cc2)CC(=O)O)cc1. The number of phenols is 1. The lowest BCUT2D eigenvalue weighted by Gasteiger charge is -2.23. The van der Waals surface area contributed by atoms with E-state index in [1.165, 1.54) is 19.2 Å². The average molecular weight is 575 g/mol. The fraction of sp³-hybridized carbons (Fsp3) is 0.333. The van der Waals surface area contributed by atoms with Gasteiger partial charge in [0, 0.05) is 11.6 Å². The van der Waals surface area contributed by atoms with E-state index in [9.17, 15) is 29.4 Å². The van der Waals surface area contributed by atoms with E-state index in [1.807, 2.05) is 50.2 Å². The Balaban J connectivity index is 1.61. The molecule has 0 saturated carbocycles. The highest BCUT2D eigenvalue weighted by molar-refractivity contribution is 5.98. The predicted octanol–water partition coefficient (Wildman–Crippen LogP) is 5.43. The summed E-state index contributed by atoms with van der Waals surface area (Å²) in [6.07, 6.45) is 1.64. The van der Waals surface area contributed by atoms with Gasteiger partial charge in [-0.1, -0.05) is 50.2 Å². The number of aliphatic carboxylic acids is 1. The minimum absolute atomic E-state index is 0.0882. The molecule has 0 bridgehead atoms. The van der Waals surface area contributed by atoms with Gasteiger partial charge in [0.2, 0.25) is 11.8 Å². The molecule has 0 fully saturated rings. The summed E-state index contributed by atoms with van der Waals surface area (Å²) in [5.74, 6) is -2.96. The van der Waals surface area contributed by atoms with Gasteiger partial charge < -0.3 is 25.6 Å². The number of phenolic OH excluding ortho intramolecular Hbond substituents is 1. The number of carbonyl (C=O) groups excluding carboxylic acids is 3. The Bertz CT molecular complexity index is 1350. The van der Waals surface area contributed by atoms with E-state index in [0.29, 0.717) is 36.9 Å². The van der Waals surface area contributed by atoms with E-state index in [2.05, 4.69) is 15.4 Å². The molecule has 3 aromatic carbocycles. The van der Waals surface area contributed by atoms with E-state index in [1.54, 1.807) is 24.3 Å². The molecular formula is C33H38N2O7. The average Bonchev–Trinajstić information content (AvgIpc) is 2.96. The molecule has 222 valence electrons. The maximum absolute atomic E-state index is 13.2. The molecule has 3 aromatic rings. The van der Waals surface area contributed by atoms with Crippen LogP contribution >= 0.6 is 0 Å². The molecule has 2 unspecified atom stereocenters. The number of methoxy groups -OCH3 is 1. The smallest absolute Gasteiger partial charge is 0.337 e. The highest BCUT2D eigenvalue weighted by atomic mass is 16.5. The molecule has 2 amide bonds. The summed E-state index contributed by atoms with van der Waals surface area (Å²) >= 11 is 0. The number of benzene rings is 3. The fourth-order valence-corrected chi connectivity index (χ4v) is 4.64. The number of nitrogens with one attached hydrogen (secondary N) is 2. The minimum Gasteiger partial charge on any atom is -0.508 e. The Morgan fingerprint density at radius 2 is 1.43 bits per heavy atom. The van der Waals surface area contributed by atoms with Crippen molar-refractivity contribution in [3.63, 3.8) is 0 Å². The van der Waals surface area contributed by atoms with Crippen LogP contribution in [-0.4, -0.2) is 47.1 Å². The van der Waals surface area contributed by atoms with Crippen molar-refractivity contribution in [3.05, 3.63) is 83.9 Å². The molecule has 42 heavy (non-hydrogen) atoms. The number of anilines is 1. The normalized spacial score (nSPS) is 12.3. The van der Waals surface area contributed by atoms with Crippen molar-refractivity contribution in [1.82, 2.24) is 5.32 Å². The first-order valence-corrected chi connectivity index (χ1v) is 14.0. The molecule has 0 spiro atoms. The lowest BCUT2D eigenvalue weighted by molar-refractivity contribution is -0.141. The highest BCUT2D eigenvalue weighted by Crippen LogP contribution is 2.23. The molecule has 0 aliphatic carbocycles. The summed E-state index contributed by atoms with van der Waals surface area (Å²) in [5.41, 5.74) is 3.84. The number of aryl methyl sites for hydroxylation is 1. The standard InChI is InChI=1S/C33H38N2O7/c1-21(2)19-29(32(40)34-27-15-11-25(12-16-27)33(41)42-3)35-31(39)26(20-30(37)38)6-4-5-22-7-9-23(10-8-22)24-13-17-28(36)18-14-24/h7-18,21,26,29,36H,4-6,19-20H2,1-3H3,(H,34,40)(H,35,39)(H,37,38). The van der Waals surface area contributed by atoms with Crippen molar-refractivity contribution < 1.29 is 34.1 Å². The van der Waals surface area contributed by atoms with Crippen LogP contribution in [-0.2, 0) is 25.5 Å². The monoisotopic (exact) mass is 574 g/mol. The number of aromatic hydroxyl groups is 1. The van der Waals surface area contributed by atoms with Crippen molar-refractivity contribution in [2.24, 2.45) is 11.8 Å². The highest BCUT2D eigenvalue weighted by Gasteiger charge is 2.28. The van der Waals surface area contributed by atoms with Gasteiger partial charge in [-0.2, -0.15) is 0 Å². The number of hydrogen-bond acceptors (Lipinski definition) is 6. The summed E-state index contributed by atoms with van der Waals surface area (Å²) in [7, 11) is 1.28. The summed E-state index contributed by atoms with van der Waals surface area (Å²) in [6.45, 7) is 3.86. The third kappa shape index (κ3) is 9.76. The molecule has 3 rings (SSSR count). The number of carboxylic acids is 1. The van der Waals surface area contributed by atoms with Crippen LogP contribution in [0, 0.1) is 11.8 Å². The molecule has 4 N–H and O–H groups in total. The summed E-state index contributed by atoms with van der Waals surface area (Å²) < 4.78 is 4.69. The van der Waals surface area contributed by atoms with Gasteiger partial charge in [-0.05, 0) is 84.7 Å². The fourth-order valence-electron chi connectivity index (χ4n) is 4.64. The Kier molecular flexibility index (Phi) is 11.7. The maximum atomic E-state index is 13.2. The number of carboxylic acid groups (broad SMARTS) is 1. The van der Waals surface area contributed by atoms with Crippen LogP contribution in [0.3, 0.4) is 0 Å². The van der Waals surface area contributed by atoms with Gasteiger partial charge in [0.1, 0.15) is 11.8 Å². The van der Waals surface area contributed by atoms with E-state index in [-0.39, 0.29) is 18.1 Å². The zero-order valence-corrected chi connectivity index (χ0v) is 24.1. The Morgan fingerprint density at radius 3 is 1.98 bits per heavy atom. The molecule has 0 aliphatic heterocycles. The van der Waals surface area contributed by atoms with Crippen molar-refractivity contribution in [1.29, 1.82) is 0 Å². The van der Waals surface area contributed by atoms with E-state index >= 15 is 0 Å². The first-order valence-electron chi connectivity index (χ1n) is 14.0. The Hall–Kier alpha value is -4.66. The van der Waals surface area contributed by atoms with Gasteiger partial charge in [-0.15, -0.1) is 0 Å². The van der Waals surface area contributed by atoms with Crippen molar-refractivity contribution in [2.75, 3.05) is 12.4 Å². The Morgan fingerprint density at radius 1 is 0.833 bits per heavy atom. The molecular weight excluding hydrogens is 536 g/mol. The first-order chi connectivity index (χ1) is 20.0. The van der Waals surface area contributed by atoms with E-state index in [0.717, 1.165) is 16.7 Å². The third-order valence-electron chi connectivity index (χ3n) is 6.88. The molecule has 0 heterocycles. The van der Waals surface area contributed by atoms with Crippen LogP contribution in [0.1, 0.15) is 55.5 Å². The minimum atomic E-state index is -1.08. The number of carbonyl (C=O) groups is 4. The van der Waals surface area contributed by atoms with E-state index in [4.69, 9.17) is 0 Å². The molecule has 0 radical (unpaired) electrons. The van der Waals surface area contributed by atoms with Gasteiger partial charge in [0.15, 0.2) is 0 Å². The lowest BCUT2D eigenvalue weighted by atomic mass is 9.94. The summed E-state index contributed by atoms with van der Waals surface area (Å²) in [5, 5.41) is 24.5. The first kappa shape index (κ1) is 31.9. The summed E-state index contributed by atoms with van der Waals surface area (Å²) in [6, 6.07) is 20.3. The van der Waals surface area contributed by atoms with Crippen LogP contribution in [0.4, 0.5) is 5.69 Å². The molecule has 9 nitrogen and oxygen atoms in total. The van der Waals surface area contributed by atoms with Gasteiger partial charge in [0.25, 0.3) is 0 Å². The summed E-state index contributed by atoms with van der Waals surface area (Å²) in [4.78, 5) is 49.6. The second kappa shape index (κ2) is 15.4. The van der Waals surface area contributed by atoms with Crippen LogP contribution in [0.25, 0.3) is 11.1 Å². The topological polar surface area (TPSA) is 142 Å². The maximum Gasteiger partial charge on any atom is 0.337 e. The molecule has 0 saturated heterocycles. The molecule has 0 aliphatic rings. The van der Waals surface area contributed by atoms with E-state index < -0.39 is 35.7 Å². The second-order valence-electron chi connectivity index (χ2n) is 10.7. The zero-order valence-electron chi connectivity index (χ0n) is 24.1. The van der Waals surface area contributed by atoms with Gasteiger partial charge >= 0.3 is 11.9 Å². The van der Waals surface area contributed by atoms with Crippen LogP contribution in [0.15, 0.2) is 72.8 Å². The van der Waals surface area contributed by atoms with Crippen molar-refractivity contribution in [2.45, 2.75) is 52.0 Å². The van der Waals surface area contributed by atoms with Crippen molar-refractivity contribution in [3.8, 4) is 16.9 Å². The van der Waals surface area contributed by atoms with Gasteiger partial charge in [-0.3, -0.25) is 14.4 Å². The lowest BCUT2D eigenvalue weighted by Crippen LogP contribution is -2.47. The molecule has 9 heteroatoms. The predicted molar refractivity (Wildman–Crippen MR) is 160 cm³/mol. The van der Waals surface area contributed by atoms with Crippen LogP contribution < -0.4 is 10.6 Å². The quantitative estimate of drug-likeness (QED) is 0.188. The van der Waals surface area contributed by atoms with Gasteiger partial charge in [0.05, 0.1) is 19.1 Å². The third-order valence-corrected chi connectivity index (χ3v) is 6.88. The molecule has 2 atom stereocenters. The number of esters is 1. The van der Waals surface area contributed by atoms with Crippen molar-refractivity contribution >= 4 is 29.4 Å². The zero-order chi connectivity index (χ0) is 30.6. The largest absolute Gasteiger partial charge is 0.508 e. The van der Waals surface area contributed by atoms with Crippen LogP contribution in [0.2, 0.25) is 0 Å². The number of rotatable bonds is 14. The second-order valence-corrected chi connectivity index (χ2v) is 10.7.